The number of aryl methyl sites for hydroxylation is 1. The van der Waals surface area contributed by atoms with E-state index in [9.17, 15) is 13.2 Å². The van der Waals surface area contributed by atoms with Crippen molar-refractivity contribution in [2.75, 3.05) is 0 Å². The Morgan fingerprint density at radius 2 is 1.33 bits per heavy atom. The van der Waals surface area contributed by atoms with Crippen molar-refractivity contribution in [3.8, 4) is 0 Å². The molecule has 0 atom stereocenters. The number of ketones is 1. The molecule has 3 rings (SSSR count). The van der Waals surface area contributed by atoms with Gasteiger partial charge in [0.05, 0.1) is 15.0 Å². The summed E-state index contributed by atoms with van der Waals surface area (Å²) in [5, 5.41) is -1.27. The smallest absolute Gasteiger partial charge is 0.284 e. The lowest BCUT2D eigenvalue weighted by Crippen LogP contribution is -2.17. The zero-order valence-electron chi connectivity index (χ0n) is 15.2. The standard InChI is InChI=1S/C20H12Cl4N2O3S/c1-11-7-9-13(10-8-11)30(28,29)26-20(12-5-3-2-4-6-12)25-18-14(21)16(23)19(27)17(24)15(18)22/h2-10H,1H3/b26-20+. The van der Waals surface area contributed by atoms with Crippen molar-refractivity contribution in [1.29, 1.82) is 0 Å². The number of halogens is 4. The molecule has 0 saturated heterocycles. The van der Waals surface area contributed by atoms with E-state index in [2.05, 4.69) is 9.39 Å². The fourth-order valence-electron chi connectivity index (χ4n) is 2.41. The first-order valence-electron chi connectivity index (χ1n) is 8.33. The minimum Gasteiger partial charge on any atom is -0.286 e. The fraction of sp³-hybridized carbons (Fsp3) is 0.0500. The Kier molecular flexibility index (Phi) is 6.84. The molecule has 30 heavy (non-hydrogen) atoms. The molecule has 0 spiro atoms. The number of nitrogens with zero attached hydrogens (tertiary/aromatic N) is 2. The van der Waals surface area contributed by atoms with Gasteiger partial charge in [-0.3, -0.25) is 4.79 Å². The van der Waals surface area contributed by atoms with Crippen LogP contribution in [0.1, 0.15) is 11.1 Å². The minimum absolute atomic E-state index is 0.0140. The molecule has 0 aliphatic heterocycles. The van der Waals surface area contributed by atoms with Crippen molar-refractivity contribution in [2.24, 2.45) is 9.39 Å². The summed E-state index contributed by atoms with van der Waals surface area (Å²) in [5.41, 5.74) is 1.11. The molecular weight excluding hydrogens is 490 g/mol. The lowest BCUT2D eigenvalue weighted by atomic mass is 10.1. The molecule has 1 aliphatic carbocycles. The largest absolute Gasteiger partial charge is 0.286 e. The van der Waals surface area contributed by atoms with E-state index in [0.717, 1.165) is 5.56 Å². The highest BCUT2D eigenvalue weighted by Crippen LogP contribution is 2.34. The molecule has 2 aromatic carbocycles. The molecule has 10 heteroatoms. The maximum atomic E-state index is 12.9. The summed E-state index contributed by atoms with van der Waals surface area (Å²) in [7, 11) is -4.12. The van der Waals surface area contributed by atoms with Crippen LogP contribution in [0.25, 0.3) is 0 Å². The molecular formula is C20H12Cl4N2O3S. The summed E-state index contributed by atoms with van der Waals surface area (Å²) in [4.78, 5) is 16.2. The van der Waals surface area contributed by atoms with E-state index in [-0.39, 0.29) is 36.6 Å². The Balaban J connectivity index is 2.23. The number of hydrogen-bond donors (Lipinski definition) is 0. The van der Waals surface area contributed by atoms with Gasteiger partial charge in [-0.25, -0.2) is 4.99 Å². The number of carbonyl (C=O) groups excluding carboxylic acids is 1. The van der Waals surface area contributed by atoms with E-state index in [0.29, 0.717) is 5.56 Å². The number of sulfonamides is 1. The van der Waals surface area contributed by atoms with Crippen LogP contribution in [0.15, 0.2) is 89.0 Å². The zero-order chi connectivity index (χ0) is 22.1. The van der Waals surface area contributed by atoms with E-state index >= 15 is 0 Å². The van der Waals surface area contributed by atoms with Crippen LogP contribution in [0.2, 0.25) is 0 Å². The highest BCUT2D eigenvalue weighted by molar-refractivity contribution is 7.90. The fourth-order valence-corrected chi connectivity index (χ4v) is 4.27. The van der Waals surface area contributed by atoms with Gasteiger partial charge in [-0.15, -0.1) is 4.40 Å². The predicted molar refractivity (Wildman–Crippen MR) is 121 cm³/mol. The van der Waals surface area contributed by atoms with Gasteiger partial charge in [-0.05, 0) is 19.1 Å². The van der Waals surface area contributed by atoms with Gasteiger partial charge in [-0.2, -0.15) is 8.42 Å². The zero-order valence-corrected chi connectivity index (χ0v) is 19.1. The normalized spacial score (nSPS) is 15.7. The molecule has 1 aliphatic rings. The third kappa shape index (κ3) is 4.68. The van der Waals surface area contributed by atoms with Gasteiger partial charge in [0.2, 0.25) is 5.78 Å². The highest BCUT2D eigenvalue weighted by Gasteiger charge is 2.30. The van der Waals surface area contributed by atoms with Gasteiger partial charge in [0, 0.05) is 5.56 Å². The molecule has 0 saturated carbocycles. The molecule has 0 radical (unpaired) electrons. The SMILES string of the molecule is Cc1ccc(S(=O)(=O)/N=C(/N=C2C(Cl)=C(Cl)C(=O)C(Cl)=C2Cl)c2ccccc2)cc1. The summed E-state index contributed by atoms with van der Waals surface area (Å²) in [6, 6.07) is 14.5. The van der Waals surface area contributed by atoms with Crippen LogP contribution in [0.5, 0.6) is 0 Å². The molecule has 5 nitrogen and oxygen atoms in total. The number of hydrogen-bond acceptors (Lipinski definition) is 3. The summed E-state index contributed by atoms with van der Waals surface area (Å²) in [6.45, 7) is 1.83. The maximum absolute atomic E-state index is 12.9. The topological polar surface area (TPSA) is 75.9 Å². The lowest BCUT2D eigenvalue weighted by Gasteiger charge is -2.14. The number of rotatable bonds is 3. The average molecular weight is 502 g/mol. The second-order valence-electron chi connectivity index (χ2n) is 6.11. The third-order valence-corrected chi connectivity index (χ3v) is 6.91. The van der Waals surface area contributed by atoms with Crippen LogP contribution < -0.4 is 0 Å². The Bertz CT molecular complexity index is 1220. The van der Waals surface area contributed by atoms with Gasteiger partial charge in [-0.1, -0.05) is 94.4 Å². The monoisotopic (exact) mass is 500 g/mol. The first-order valence-corrected chi connectivity index (χ1v) is 11.3. The summed E-state index contributed by atoms with van der Waals surface area (Å²) >= 11 is 24.1. The van der Waals surface area contributed by atoms with Crippen LogP contribution in [0.3, 0.4) is 0 Å². The van der Waals surface area contributed by atoms with Crippen molar-refractivity contribution in [2.45, 2.75) is 11.8 Å². The molecule has 0 unspecified atom stereocenters. The van der Waals surface area contributed by atoms with E-state index in [1.807, 2.05) is 6.92 Å². The van der Waals surface area contributed by atoms with E-state index in [4.69, 9.17) is 46.4 Å². The lowest BCUT2D eigenvalue weighted by molar-refractivity contribution is -0.111. The van der Waals surface area contributed by atoms with E-state index < -0.39 is 15.8 Å². The second kappa shape index (κ2) is 9.04. The van der Waals surface area contributed by atoms with Gasteiger partial charge < -0.3 is 0 Å². The van der Waals surface area contributed by atoms with Gasteiger partial charge in [0.25, 0.3) is 10.0 Å². The maximum Gasteiger partial charge on any atom is 0.284 e. The molecule has 0 heterocycles. The molecule has 0 bridgehead atoms. The molecule has 2 aromatic rings. The number of benzene rings is 2. The quantitative estimate of drug-likeness (QED) is 0.315. The van der Waals surface area contributed by atoms with Gasteiger partial charge >= 0.3 is 0 Å². The Hall–Kier alpha value is -1.96. The van der Waals surface area contributed by atoms with Crippen molar-refractivity contribution in [3.63, 3.8) is 0 Å². The van der Waals surface area contributed by atoms with Crippen LogP contribution >= 0.6 is 46.4 Å². The summed E-state index contributed by atoms with van der Waals surface area (Å²) in [5.74, 6) is -0.955. The van der Waals surface area contributed by atoms with Crippen LogP contribution in [-0.2, 0) is 14.8 Å². The number of aliphatic imine (C=N–C) groups is 1. The Labute approximate surface area is 193 Å². The van der Waals surface area contributed by atoms with Crippen molar-refractivity contribution >= 4 is 73.8 Å². The highest BCUT2D eigenvalue weighted by atomic mass is 35.5. The van der Waals surface area contributed by atoms with Gasteiger partial charge in [0.1, 0.15) is 15.8 Å². The average Bonchev–Trinajstić information content (AvgIpc) is 2.74. The molecule has 0 fully saturated rings. The predicted octanol–water partition coefficient (Wildman–Crippen LogP) is 5.53. The minimum atomic E-state index is -4.12. The number of carbonyl (C=O) groups is 1. The molecule has 154 valence electrons. The third-order valence-electron chi connectivity index (χ3n) is 3.98. The molecule has 0 amide bonds. The second-order valence-corrected chi connectivity index (χ2v) is 9.23. The van der Waals surface area contributed by atoms with Crippen molar-refractivity contribution in [3.05, 3.63) is 85.9 Å². The number of Topliss-reactive ketones (excluding diaryl/α,β-unsaturated/α-hetero) is 1. The van der Waals surface area contributed by atoms with Gasteiger partial charge in [0.15, 0.2) is 5.84 Å². The van der Waals surface area contributed by atoms with Crippen LogP contribution in [0.4, 0.5) is 0 Å². The number of amidine groups is 1. The van der Waals surface area contributed by atoms with Crippen molar-refractivity contribution in [1.82, 2.24) is 0 Å². The number of allylic oxidation sites excluding steroid dienone is 4. The van der Waals surface area contributed by atoms with Crippen LogP contribution in [-0.4, -0.2) is 25.7 Å². The van der Waals surface area contributed by atoms with Crippen LogP contribution in [0, 0.1) is 6.92 Å². The Morgan fingerprint density at radius 3 is 1.87 bits per heavy atom. The summed E-state index contributed by atoms with van der Waals surface area (Å²) < 4.78 is 29.6. The summed E-state index contributed by atoms with van der Waals surface area (Å²) in [6.07, 6.45) is 0. The first kappa shape index (κ1) is 22.7. The Morgan fingerprint density at radius 1 is 0.800 bits per heavy atom. The first-order chi connectivity index (χ1) is 14.1. The van der Waals surface area contributed by atoms with E-state index in [1.54, 1.807) is 42.5 Å². The molecule has 0 aromatic heterocycles. The van der Waals surface area contributed by atoms with E-state index in [1.165, 1.54) is 12.1 Å². The van der Waals surface area contributed by atoms with Crippen molar-refractivity contribution < 1.29 is 13.2 Å². The molecule has 0 N–H and O–H groups in total.